The maximum atomic E-state index is 13.6. The van der Waals surface area contributed by atoms with Gasteiger partial charge in [-0.2, -0.15) is 13.2 Å². The van der Waals surface area contributed by atoms with Gasteiger partial charge in [-0.15, -0.1) is 21.8 Å². The molecule has 0 saturated heterocycles. The van der Waals surface area contributed by atoms with E-state index >= 15 is 0 Å². The molecule has 1 aromatic heterocycles. The van der Waals surface area contributed by atoms with E-state index in [1.54, 1.807) is 0 Å². The highest BCUT2D eigenvalue weighted by Crippen LogP contribution is 2.35. The minimum atomic E-state index is -4.59. The molecule has 2 aromatic rings. The number of halogens is 5. The second-order valence-electron chi connectivity index (χ2n) is 3.79. The first-order chi connectivity index (χ1) is 9.81. The summed E-state index contributed by atoms with van der Waals surface area (Å²) < 4.78 is 51.5. The summed E-state index contributed by atoms with van der Waals surface area (Å²) in [5, 5.41) is 9.32. The second-order valence-corrected chi connectivity index (χ2v) is 5.03. The van der Waals surface area contributed by atoms with Crippen molar-refractivity contribution in [3.8, 4) is 10.6 Å². The van der Waals surface area contributed by atoms with Gasteiger partial charge in [-0.3, -0.25) is 10.1 Å². The van der Waals surface area contributed by atoms with E-state index in [1.807, 2.05) is 0 Å². The second kappa shape index (κ2) is 5.94. The molecule has 1 amide bonds. The van der Waals surface area contributed by atoms with Gasteiger partial charge in [0.1, 0.15) is 11.7 Å². The van der Waals surface area contributed by atoms with Crippen molar-refractivity contribution in [3.05, 3.63) is 29.6 Å². The molecule has 4 nitrogen and oxygen atoms in total. The SMILES string of the molecule is O=C(CCl)Nc1nnc(-c2cc(C(F)(F)F)ccc2F)s1. The zero-order valence-corrected chi connectivity index (χ0v) is 11.6. The average Bonchev–Trinajstić information content (AvgIpc) is 2.86. The summed E-state index contributed by atoms with van der Waals surface area (Å²) in [5.74, 6) is -1.73. The third kappa shape index (κ3) is 3.67. The van der Waals surface area contributed by atoms with Crippen LogP contribution < -0.4 is 5.32 Å². The number of nitrogens with zero attached hydrogens (tertiary/aromatic N) is 2. The maximum Gasteiger partial charge on any atom is 0.416 e. The lowest BCUT2D eigenvalue weighted by molar-refractivity contribution is -0.137. The lowest BCUT2D eigenvalue weighted by atomic mass is 10.1. The van der Waals surface area contributed by atoms with Gasteiger partial charge in [-0.1, -0.05) is 11.3 Å². The predicted octanol–water partition coefficient (Wildman–Crippen LogP) is 3.54. The number of benzene rings is 1. The molecule has 0 unspecified atom stereocenters. The van der Waals surface area contributed by atoms with Gasteiger partial charge in [0.2, 0.25) is 11.0 Å². The highest BCUT2D eigenvalue weighted by molar-refractivity contribution is 7.18. The molecule has 10 heteroatoms. The van der Waals surface area contributed by atoms with Crippen LogP contribution in [0.25, 0.3) is 10.6 Å². The molecular weight excluding hydrogens is 334 g/mol. The van der Waals surface area contributed by atoms with Crippen LogP contribution in [0.15, 0.2) is 18.2 Å². The molecule has 1 aromatic carbocycles. The number of amides is 1. The summed E-state index contributed by atoms with van der Waals surface area (Å²) in [6, 6.07) is 1.98. The fraction of sp³-hybridized carbons (Fsp3) is 0.182. The number of hydrogen-bond acceptors (Lipinski definition) is 4. The third-order valence-corrected chi connectivity index (χ3v) is 3.43. The first-order valence-corrected chi connectivity index (χ1v) is 6.73. The van der Waals surface area contributed by atoms with Gasteiger partial charge in [0.15, 0.2) is 5.01 Å². The fourth-order valence-corrected chi connectivity index (χ4v) is 2.25. The molecule has 1 heterocycles. The highest BCUT2D eigenvalue weighted by atomic mass is 35.5. The van der Waals surface area contributed by atoms with Gasteiger partial charge in [0.05, 0.1) is 5.56 Å². The zero-order chi connectivity index (χ0) is 15.6. The Morgan fingerprint density at radius 3 is 2.67 bits per heavy atom. The summed E-state index contributed by atoms with van der Waals surface area (Å²) >= 11 is 6.02. The molecule has 112 valence electrons. The molecule has 2 rings (SSSR count). The largest absolute Gasteiger partial charge is 0.416 e. The van der Waals surface area contributed by atoms with E-state index in [0.29, 0.717) is 18.2 Å². The number of carbonyl (C=O) groups is 1. The first-order valence-electron chi connectivity index (χ1n) is 5.37. The molecule has 0 fully saturated rings. The minimum Gasteiger partial charge on any atom is -0.299 e. The average molecular weight is 340 g/mol. The van der Waals surface area contributed by atoms with E-state index in [1.165, 1.54) is 0 Å². The highest BCUT2D eigenvalue weighted by Gasteiger charge is 2.31. The Labute approximate surface area is 124 Å². The van der Waals surface area contributed by atoms with E-state index in [-0.39, 0.29) is 21.6 Å². The monoisotopic (exact) mass is 339 g/mol. The number of anilines is 1. The van der Waals surface area contributed by atoms with E-state index in [0.717, 1.165) is 11.3 Å². The van der Waals surface area contributed by atoms with Gasteiger partial charge in [-0.25, -0.2) is 4.39 Å². The van der Waals surface area contributed by atoms with Crippen molar-refractivity contribution in [3.63, 3.8) is 0 Å². The van der Waals surface area contributed by atoms with Crippen LogP contribution in [0.4, 0.5) is 22.7 Å². The van der Waals surface area contributed by atoms with Gasteiger partial charge in [0.25, 0.3) is 0 Å². The molecule has 0 spiro atoms. The topological polar surface area (TPSA) is 54.9 Å². The predicted molar refractivity (Wildman–Crippen MR) is 69.7 cm³/mol. The van der Waals surface area contributed by atoms with Crippen LogP contribution >= 0.6 is 22.9 Å². The van der Waals surface area contributed by atoms with E-state index in [4.69, 9.17) is 11.6 Å². The standard InChI is InChI=1S/C11H6ClF4N3OS/c12-4-8(20)17-10-19-18-9(21-10)6-3-5(11(14,15)16)1-2-7(6)13/h1-3H,4H2,(H,17,19,20). The van der Waals surface area contributed by atoms with Crippen LogP contribution in [0.2, 0.25) is 0 Å². The Kier molecular flexibility index (Phi) is 4.43. The van der Waals surface area contributed by atoms with Gasteiger partial charge < -0.3 is 0 Å². The van der Waals surface area contributed by atoms with E-state index in [9.17, 15) is 22.4 Å². The molecule has 0 atom stereocenters. The quantitative estimate of drug-likeness (QED) is 0.687. The summed E-state index contributed by atoms with van der Waals surface area (Å²) in [7, 11) is 0. The minimum absolute atomic E-state index is 0.0208. The molecule has 21 heavy (non-hydrogen) atoms. The number of rotatable bonds is 3. The molecule has 0 radical (unpaired) electrons. The molecule has 0 aliphatic carbocycles. The smallest absolute Gasteiger partial charge is 0.299 e. The molecule has 0 saturated carbocycles. The number of nitrogens with one attached hydrogen (secondary N) is 1. The molecular formula is C11H6ClF4N3OS. The molecule has 0 bridgehead atoms. The Morgan fingerprint density at radius 2 is 2.05 bits per heavy atom. The summed E-state index contributed by atoms with van der Waals surface area (Å²) in [5.41, 5.74) is -1.34. The van der Waals surface area contributed by atoms with Crippen LogP contribution in [0.5, 0.6) is 0 Å². The van der Waals surface area contributed by atoms with Crippen LogP contribution in [0, 0.1) is 5.82 Å². The number of aromatic nitrogens is 2. The Balaban J connectivity index is 2.36. The Morgan fingerprint density at radius 1 is 1.33 bits per heavy atom. The van der Waals surface area contributed by atoms with Gasteiger partial charge >= 0.3 is 6.18 Å². The molecule has 0 aliphatic rings. The summed E-state index contributed by atoms with van der Waals surface area (Å²) in [6.07, 6.45) is -4.59. The Hall–Kier alpha value is -1.74. The van der Waals surface area contributed by atoms with E-state index < -0.39 is 23.5 Å². The van der Waals surface area contributed by atoms with Gasteiger partial charge in [0, 0.05) is 5.56 Å². The lowest BCUT2D eigenvalue weighted by Crippen LogP contribution is -2.12. The summed E-state index contributed by atoms with van der Waals surface area (Å²) in [6.45, 7) is 0. The summed E-state index contributed by atoms with van der Waals surface area (Å²) in [4.78, 5) is 11.1. The van der Waals surface area contributed by atoms with Crippen molar-refractivity contribution in [1.29, 1.82) is 0 Å². The molecule has 1 N–H and O–H groups in total. The first kappa shape index (κ1) is 15.6. The fourth-order valence-electron chi connectivity index (χ4n) is 1.40. The normalized spacial score (nSPS) is 11.5. The van der Waals surface area contributed by atoms with Crippen LogP contribution in [0.3, 0.4) is 0 Å². The van der Waals surface area contributed by atoms with Crippen LogP contribution in [0.1, 0.15) is 5.56 Å². The van der Waals surface area contributed by atoms with Crippen molar-refractivity contribution >= 4 is 34.0 Å². The maximum absolute atomic E-state index is 13.6. The van der Waals surface area contributed by atoms with Crippen molar-refractivity contribution in [1.82, 2.24) is 10.2 Å². The molecule has 0 aliphatic heterocycles. The van der Waals surface area contributed by atoms with Crippen molar-refractivity contribution in [2.45, 2.75) is 6.18 Å². The Bertz CT molecular complexity index is 674. The zero-order valence-electron chi connectivity index (χ0n) is 10.0. The number of carbonyl (C=O) groups excluding carboxylic acids is 1. The third-order valence-electron chi connectivity index (χ3n) is 2.32. The van der Waals surface area contributed by atoms with Crippen molar-refractivity contribution in [2.24, 2.45) is 0 Å². The van der Waals surface area contributed by atoms with Crippen LogP contribution in [-0.2, 0) is 11.0 Å². The van der Waals surface area contributed by atoms with Crippen molar-refractivity contribution in [2.75, 3.05) is 11.2 Å². The number of hydrogen-bond donors (Lipinski definition) is 1. The van der Waals surface area contributed by atoms with Crippen LogP contribution in [-0.4, -0.2) is 22.0 Å². The van der Waals surface area contributed by atoms with Gasteiger partial charge in [-0.05, 0) is 18.2 Å². The lowest BCUT2D eigenvalue weighted by Gasteiger charge is -2.07. The van der Waals surface area contributed by atoms with Crippen molar-refractivity contribution < 1.29 is 22.4 Å². The number of alkyl halides is 4. The van der Waals surface area contributed by atoms with E-state index in [2.05, 4.69) is 15.5 Å².